The summed E-state index contributed by atoms with van der Waals surface area (Å²) >= 11 is 1.52. The third kappa shape index (κ3) is 7.44. The van der Waals surface area contributed by atoms with Crippen LogP contribution in [0.2, 0.25) is 0 Å². The van der Waals surface area contributed by atoms with Crippen LogP contribution in [-0.2, 0) is 4.79 Å². The van der Waals surface area contributed by atoms with Crippen LogP contribution in [0.25, 0.3) is 0 Å². The maximum Gasteiger partial charge on any atom is 0.157 e. The number of Topliss-reactive ketones (excluding diaryl/α,β-unsaturated/α-hetero) is 1. The van der Waals surface area contributed by atoms with Gasteiger partial charge in [-0.15, -0.1) is 11.8 Å². The fourth-order valence-corrected chi connectivity index (χ4v) is 4.80. The first-order valence-corrected chi connectivity index (χ1v) is 12.1. The van der Waals surface area contributed by atoms with Gasteiger partial charge in [0.1, 0.15) is 6.67 Å². The molecule has 2 heterocycles. The van der Waals surface area contributed by atoms with E-state index in [9.17, 15) is 9.90 Å². The number of aliphatic hydroxyl groups is 1. The van der Waals surface area contributed by atoms with Gasteiger partial charge in [-0.2, -0.15) is 0 Å². The number of hydrogen-bond acceptors (Lipinski definition) is 7. The number of ketones is 1. The van der Waals surface area contributed by atoms with Crippen LogP contribution in [0.15, 0.2) is 44.9 Å². The van der Waals surface area contributed by atoms with Crippen molar-refractivity contribution in [3.8, 4) is 0 Å². The number of hydrogen-bond donors (Lipinski definition) is 1. The molecule has 1 saturated heterocycles. The van der Waals surface area contributed by atoms with Crippen molar-refractivity contribution in [2.75, 3.05) is 38.6 Å². The number of likely N-dealkylation sites (tertiary alicyclic amines) is 1. The summed E-state index contributed by atoms with van der Waals surface area (Å²) in [5, 5.41) is 9.42. The number of aliphatic hydroxyl groups excluding tert-OH is 1. The fraction of sp³-hybridized carbons (Fsp3) is 0.625. The van der Waals surface area contributed by atoms with Crippen LogP contribution >= 0.6 is 11.8 Å². The molecule has 0 atom stereocenters. The Hall–Kier alpha value is -1.70. The van der Waals surface area contributed by atoms with Crippen LogP contribution in [0.4, 0.5) is 0 Å². The minimum Gasteiger partial charge on any atom is -0.390 e. The average Bonchev–Trinajstić information content (AvgIpc) is 2.78. The van der Waals surface area contributed by atoms with E-state index < -0.39 is 0 Å². The topological polar surface area (TPSA) is 68.5 Å². The van der Waals surface area contributed by atoms with Crippen LogP contribution in [0, 0.1) is 0 Å². The lowest BCUT2D eigenvalue weighted by atomic mass is 10.1. The van der Waals surface area contributed by atoms with Crippen molar-refractivity contribution in [2.45, 2.75) is 59.6 Å². The van der Waals surface area contributed by atoms with Crippen molar-refractivity contribution in [2.24, 2.45) is 9.98 Å². The summed E-state index contributed by atoms with van der Waals surface area (Å²) in [5.74, 6) is 0.522. The van der Waals surface area contributed by atoms with Crippen LogP contribution in [0.3, 0.4) is 0 Å². The van der Waals surface area contributed by atoms with Gasteiger partial charge in [0.2, 0.25) is 0 Å². The van der Waals surface area contributed by atoms with E-state index in [1.165, 1.54) is 17.3 Å². The molecule has 0 unspecified atom stereocenters. The lowest BCUT2D eigenvalue weighted by molar-refractivity contribution is -0.120. The van der Waals surface area contributed by atoms with E-state index in [1.807, 2.05) is 24.8 Å². The minimum atomic E-state index is -0.290. The zero-order valence-electron chi connectivity index (χ0n) is 19.7. The monoisotopic (exact) mass is 446 g/mol. The third-order valence-corrected chi connectivity index (χ3v) is 6.96. The summed E-state index contributed by atoms with van der Waals surface area (Å²) in [5.41, 5.74) is 3.94. The van der Waals surface area contributed by atoms with Gasteiger partial charge in [0.15, 0.2) is 5.78 Å². The molecule has 1 fully saturated rings. The molecule has 2 aliphatic rings. The number of allylic oxidation sites excluding steroid dienone is 3. The Morgan fingerprint density at radius 1 is 1.32 bits per heavy atom. The number of carbonyl (C=O) groups excluding carboxylic acids is 1. The molecule has 0 radical (unpaired) electrons. The van der Waals surface area contributed by atoms with Gasteiger partial charge in [0.25, 0.3) is 0 Å². The summed E-state index contributed by atoms with van der Waals surface area (Å²) in [7, 11) is 0. The van der Waals surface area contributed by atoms with Gasteiger partial charge >= 0.3 is 0 Å². The number of carbonyl (C=O) groups is 1. The zero-order chi connectivity index (χ0) is 23.0. The normalized spacial score (nSPS) is 22.8. The minimum absolute atomic E-state index is 0.153. The third-order valence-electron chi connectivity index (χ3n) is 5.69. The number of thioether (sulfide) groups is 1. The second kappa shape index (κ2) is 12.4. The summed E-state index contributed by atoms with van der Waals surface area (Å²) in [4.78, 5) is 27.5. The van der Waals surface area contributed by atoms with E-state index in [4.69, 9.17) is 9.98 Å². The van der Waals surface area contributed by atoms with Crippen molar-refractivity contribution < 1.29 is 9.90 Å². The van der Waals surface area contributed by atoms with Gasteiger partial charge in [-0.25, -0.2) is 0 Å². The van der Waals surface area contributed by atoms with Crippen LogP contribution in [0.5, 0.6) is 0 Å². The maximum absolute atomic E-state index is 12.5. The van der Waals surface area contributed by atoms with Gasteiger partial charge in [0.05, 0.1) is 36.4 Å². The summed E-state index contributed by atoms with van der Waals surface area (Å²) in [6.07, 6.45) is 5.88. The number of aliphatic imine (C=N–C) groups is 2. The predicted molar refractivity (Wildman–Crippen MR) is 133 cm³/mol. The number of nitrogens with zero attached hydrogens (tertiary/aromatic N) is 4. The highest BCUT2D eigenvalue weighted by Gasteiger charge is 2.26. The van der Waals surface area contributed by atoms with Gasteiger partial charge in [-0.1, -0.05) is 26.5 Å². The van der Waals surface area contributed by atoms with Crippen LogP contribution in [-0.4, -0.2) is 82.9 Å². The molecular formula is C24H38N4O2S. The standard InChI is InChI=1S/C24H38N4O2S/c1-7-18(5)24(31-15-22(30)14-27-12-21(29)13-27)23-19(6)26-16-28(20(8-2)9-3)11-17(4)10-25-23/h7,11,20-21,29H,1,8-10,12-16H2,2-6H3/b17-11-,24-18-,25-23?,26-19-. The van der Waals surface area contributed by atoms with Gasteiger partial charge in [-0.3, -0.25) is 19.7 Å². The van der Waals surface area contributed by atoms with Gasteiger partial charge in [0, 0.05) is 30.2 Å². The van der Waals surface area contributed by atoms with Crippen LogP contribution in [0.1, 0.15) is 47.5 Å². The molecule has 0 aromatic heterocycles. The summed E-state index contributed by atoms with van der Waals surface area (Å²) < 4.78 is 0. The Balaban J connectivity index is 2.19. The second-order valence-corrected chi connectivity index (χ2v) is 9.39. The van der Waals surface area contributed by atoms with E-state index in [0.29, 0.717) is 44.6 Å². The van der Waals surface area contributed by atoms with Crippen molar-refractivity contribution in [1.29, 1.82) is 0 Å². The molecule has 0 saturated carbocycles. The molecular weight excluding hydrogens is 408 g/mol. The van der Waals surface area contributed by atoms with Crippen LogP contribution < -0.4 is 0 Å². The molecule has 7 heteroatoms. The first-order valence-electron chi connectivity index (χ1n) is 11.2. The fourth-order valence-electron chi connectivity index (χ4n) is 3.74. The Morgan fingerprint density at radius 3 is 2.58 bits per heavy atom. The average molecular weight is 447 g/mol. The highest BCUT2D eigenvalue weighted by atomic mass is 32.2. The Bertz CT molecular complexity index is 774. The SMILES string of the molecule is C=C/C(C)=C(\SCC(=O)CN1CC(O)C1)C1=NC/C(C)=C\N(C(CC)CC)C/N=C\1C. The predicted octanol–water partition coefficient (Wildman–Crippen LogP) is 3.69. The summed E-state index contributed by atoms with van der Waals surface area (Å²) in [6, 6.07) is 0.463. The molecule has 0 spiro atoms. The van der Waals surface area contributed by atoms with Crippen molar-refractivity contribution in [1.82, 2.24) is 9.80 Å². The highest BCUT2D eigenvalue weighted by Crippen LogP contribution is 2.25. The van der Waals surface area contributed by atoms with Crippen molar-refractivity contribution in [3.63, 3.8) is 0 Å². The molecule has 0 amide bonds. The van der Waals surface area contributed by atoms with E-state index in [-0.39, 0.29) is 11.9 Å². The first-order chi connectivity index (χ1) is 14.8. The molecule has 0 bridgehead atoms. The lowest BCUT2D eigenvalue weighted by Gasteiger charge is -2.35. The molecule has 31 heavy (non-hydrogen) atoms. The summed E-state index contributed by atoms with van der Waals surface area (Å²) in [6.45, 7) is 17.2. The van der Waals surface area contributed by atoms with E-state index in [1.54, 1.807) is 0 Å². The smallest absolute Gasteiger partial charge is 0.157 e. The molecule has 0 aliphatic carbocycles. The molecule has 6 nitrogen and oxygen atoms in total. The van der Waals surface area contributed by atoms with Gasteiger partial charge in [-0.05, 0) is 44.8 Å². The van der Waals surface area contributed by atoms with Gasteiger partial charge < -0.3 is 10.0 Å². The van der Waals surface area contributed by atoms with E-state index in [0.717, 1.165) is 34.7 Å². The van der Waals surface area contributed by atoms with E-state index in [2.05, 4.69) is 38.5 Å². The molecule has 172 valence electrons. The Kier molecular flexibility index (Phi) is 10.2. The molecule has 2 rings (SSSR count). The first kappa shape index (κ1) is 25.6. The van der Waals surface area contributed by atoms with Crippen molar-refractivity contribution in [3.05, 3.63) is 34.9 Å². The number of rotatable bonds is 10. The largest absolute Gasteiger partial charge is 0.390 e. The highest BCUT2D eigenvalue weighted by molar-refractivity contribution is 8.04. The Labute approximate surface area is 191 Å². The Morgan fingerprint density at radius 2 is 2.00 bits per heavy atom. The quantitative estimate of drug-likeness (QED) is 0.518. The van der Waals surface area contributed by atoms with E-state index >= 15 is 0 Å². The molecule has 1 N–H and O–H groups in total. The molecule has 2 aliphatic heterocycles. The second-order valence-electron chi connectivity index (χ2n) is 8.40. The molecule has 0 aromatic rings. The molecule has 0 aromatic carbocycles. The zero-order valence-corrected chi connectivity index (χ0v) is 20.5. The maximum atomic E-state index is 12.5. The van der Waals surface area contributed by atoms with Crippen molar-refractivity contribution >= 4 is 29.0 Å². The number of β-amino-alcohol motifs (C(OH)–C–C–N with tert-alkyl or cyclic N) is 1. The lowest BCUT2D eigenvalue weighted by Crippen LogP contribution is -2.52.